The zero-order valence-electron chi connectivity index (χ0n) is 10.4. The van der Waals surface area contributed by atoms with Crippen molar-refractivity contribution in [2.75, 3.05) is 25.0 Å². The molecule has 1 saturated heterocycles. The van der Waals surface area contributed by atoms with Crippen LogP contribution in [-0.4, -0.2) is 30.6 Å². The molecule has 18 heavy (non-hydrogen) atoms. The van der Waals surface area contributed by atoms with Gasteiger partial charge in [0.25, 0.3) is 0 Å². The van der Waals surface area contributed by atoms with Crippen LogP contribution in [0.3, 0.4) is 0 Å². The third kappa shape index (κ3) is 2.28. The van der Waals surface area contributed by atoms with Crippen molar-refractivity contribution in [3.8, 4) is 5.75 Å². The Balaban J connectivity index is 1.66. The van der Waals surface area contributed by atoms with Crippen LogP contribution in [-0.2, 0) is 6.42 Å². The van der Waals surface area contributed by atoms with Crippen LogP contribution in [0.5, 0.6) is 5.75 Å². The Hall–Kier alpha value is -1.71. The number of carbonyl (C=O) groups is 1. The van der Waals surface area contributed by atoms with Crippen LogP contribution < -0.4 is 10.1 Å². The van der Waals surface area contributed by atoms with Crippen molar-refractivity contribution in [3.05, 3.63) is 23.8 Å². The largest absolute Gasteiger partial charge is 0.415 e. The number of ether oxygens (including phenoxy) is 1. The van der Waals surface area contributed by atoms with Gasteiger partial charge in [-0.1, -0.05) is 0 Å². The fourth-order valence-electron chi connectivity index (χ4n) is 2.59. The third-order valence-electron chi connectivity index (χ3n) is 3.61. The molecule has 1 N–H and O–H groups in total. The standard InChI is InChI=1S/C14H18N2O2/c17-14(16-8-2-1-3-9-16)18-12-4-5-13-11(10-12)6-7-15-13/h4-5,10,15H,1-3,6-9H2. The van der Waals surface area contributed by atoms with E-state index in [0.717, 1.165) is 44.6 Å². The quantitative estimate of drug-likeness (QED) is 0.828. The minimum absolute atomic E-state index is 0.208. The summed E-state index contributed by atoms with van der Waals surface area (Å²) < 4.78 is 5.44. The smallest absolute Gasteiger partial charge is 0.410 e. The Labute approximate surface area is 107 Å². The fraction of sp³-hybridized carbons (Fsp3) is 0.500. The predicted octanol–water partition coefficient (Wildman–Crippen LogP) is 2.64. The molecule has 4 heteroatoms. The lowest BCUT2D eigenvalue weighted by Crippen LogP contribution is -2.37. The maximum Gasteiger partial charge on any atom is 0.415 e. The molecule has 0 unspecified atom stereocenters. The van der Waals surface area contributed by atoms with Crippen LogP contribution in [0.15, 0.2) is 18.2 Å². The molecule has 1 aromatic carbocycles. The number of nitrogens with zero attached hydrogens (tertiary/aromatic N) is 1. The lowest BCUT2D eigenvalue weighted by atomic mass is 10.1. The Kier molecular flexibility index (Phi) is 3.09. The van der Waals surface area contributed by atoms with Crippen LogP contribution >= 0.6 is 0 Å². The minimum atomic E-state index is -0.208. The number of hydrogen-bond donors (Lipinski definition) is 1. The molecule has 0 bridgehead atoms. The van der Waals surface area contributed by atoms with Crippen molar-refractivity contribution in [2.24, 2.45) is 0 Å². The van der Waals surface area contributed by atoms with E-state index >= 15 is 0 Å². The molecule has 0 saturated carbocycles. The second-order valence-electron chi connectivity index (χ2n) is 4.91. The van der Waals surface area contributed by atoms with Gasteiger partial charge in [0.1, 0.15) is 5.75 Å². The summed E-state index contributed by atoms with van der Waals surface area (Å²) in [6, 6.07) is 5.82. The normalized spacial score (nSPS) is 18.1. The molecule has 2 heterocycles. The third-order valence-corrected chi connectivity index (χ3v) is 3.61. The van der Waals surface area contributed by atoms with Crippen molar-refractivity contribution in [2.45, 2.75) is 25.7 Å². The summed E-state index contributed by atoms with van der Waals surface area (Å²) in [6.45, 7) is 2.62. The van der Waals surface area contributed by atoms with Gasteiger partial charge in [0.2, 0.25) is 0 Å². The number of hydrogen-bond acceptors (Lipinski definition) is 3. The molecule has 0 radical (unpaired) electrons. The lowest BCUT2D eigenvalue weighted by molar-refractivity contribution is 0.142. The van der Waals surface area contributed by atoms with E-state index in [0.29, 0.717) is 5.75 Å². The molecule has 0 spiro atoms. The number of benzene rings is 1. The minimum Gasteiger partial charge on any atom is -0.410 e. The molecular weight excluding hydrogens is 228 g/mol. The van der Waals surface area contributed by atoms with E-state index in [4.69, 9.17) is 4.74 Å². The highest BCUT2D eigenvalue weighted by Crippen LogP contribution is 2.27. The van der Waals surface area contributed by atoms with Gasteiger partial charge in [-0.3, -0.25) is 0 Å². The molecule has 0 aromatic heterocycles. The van der Waals surface area contributed by atoms with Gasteiger partial charge in [-0.05, 0) is 49.4 Å². The van der Waals surface area contributed by atoms with E-state index in [1.165, 1.54) is 12.0 Å². The van der Waals surface area contributed by atoms with Gasteiger partial charge in [0.15, 0.2) is 0 Å². The first-order chi connectivity index (χ1) is 8.83. The van der Waals surface area contributed by atoms with Gasteiger partial charge in [-0.2, -0.15) is 0 Å². The average Bonchev–Trinajstić information content (AvgIpc) is 2.87. The van der Waals surface area contributed by atoms with Gasteiger partial charge in [0, 0.05) is 25.3 Å². The van der Waals surface area contributed by atoms with Gasteiger partial charge in [-0.25, -0.2) is 4.79 Å². The Morgan fingerprint density at radius 1 is 1.22 bits per heavy atom. The summed E-state index contributed by atoms with van der Waals surface area (Å²) in [7, 11) is 0. The molecular formula is C14H18N2O2. The number of anilines is 1. The number of likely N-dealkylation sites (tertiary alicyclic amines) is 1. The van der Waals surface area contributed by atoms with Crippen molar-refractivity contribution >= 4 is 11.8 Å². The highest BCUT2D eigenvalue weighted by Gasteiger charge is 2.19. The molecule has 1 aromatic rings. The highest BCUT2D eigenvalue weighted by molar-refractivity contribution is 5.71. The Bertz CT molecular complexity index is 453. The van der Waals surface area contributed by atoms with Gasteiger partial charge in [0.05, 0.1) is 0 Å². The van der Waals surface area contributed by atoms with Crippen molar-refractivity contribution in [1.82, 2.24) is 4.90 Å². The number of fused-ring (bicyclic) bond motifs is 1. The zero-order valence-corrected chi connectivity index (χ0v) is 10.4. The van der Waals surface area contributed by atoms with Crippen LogP contribution in [0, 0.1) is 0 Å². The average molecular weight is 246 g/mol. The lowest BCUT2D eigenvalue weighted by Gasteiger charge is -2.25. The summed E-state index contributed by atoms with van der Waals surface area (Å²) in [5, 5.41) is 3.29. The molecule has 0 aliphatic carbocycles. The fourth-order valence-corrected chi connectivity index (χ4v) is 2.59. The second kappa shape index (κ2) is 4.88. The van der Waals surface area contributed by atoms with Crippen LogP contribution in [0.2, 0.25) is 0 Å². The first-order valence-electron chi connectivity index (χ1n) is 6.66. The number of piperidine rings is 1. The molecule has 1 fully saturated rings. The molecule has 2 aliphatic rings. The van der Waals surface area contributed by atoms with Gasteiger partial charge in [-0.15, -0.1) is 0 Å². The van der Waals surface area contributed by atoms with E-state index in [1.807, 2.05) is 18.2 Å². The first-order valence-corrected chi connectivity index (χ1v) is 6.66. The Morgan fingerprint density at radius 2 is 2.06 bits per heavy atom. The molecule has 1 amide bonds. The zero-order chi connectivity index (χ0) is 12.4. The van der Waals surface area contributed by atoms with Crippen molar-refractivity contribution in [3.63, 3.8) is 0 Å². The summed E-state index contributed by atoms with van der Waals surface area (Å²) >= 11 is 0. The maximum atomic E-state index is 12.0. The van der Waals surface area contributed by atoms with Gasteiger partial charge >= 0.3 is 6.09 Å². The van der Waals surface area contributed by atoms with E-state index in [9.17, 15) is 4.79 Å². The number of rotatable bonds is 1. The van der Waals surface area contributed by atoms with Crippen molar-refractivity contribution < 1.29 is 9.53 Å². The van der Waals surface area contributed by atoms with E-state index in [2.05, 4.69) is 5.32 Å². The second-order valence-corrected chi connectivity index (χ2v) is 4.91. The highest BCUT2D eigenvalue weighted by atomic mass is 16.6. The van der Waals surface area contributed by atoms with Crippen LogP contribution in [0.4, 0.5) is 10.5 Å². The van der Waals surface area contributed by atoms with Crippen LogP contribution in [0.1, 0.15) is 24.8 Å². The van der Waals surface area contributed by atoms with Crippen LogP contribution in [0.25, 0.3) is 0 Å². The van der Waals surface area contributed by atoms with E-state index in [-0.39, 0.29) is 6.09 Å². The molecule has 3 rings (SSSR count). The summed E-state index contributed by atoms with van der Waals surface area (Å²) in [5.41, 5.74) is 2.40. The Morgan fingerprint density at radius 3 is 2.89 bits per heavy atom. The van der Waals surface area contributed by atoms with Crippen molar-refractivity contribution in [1.29, 1.82) is 0 Å². The van der Waals surface area contributed by atoms with Gasteiger partial charge < -0.3 is 15.0 Å². The maximum absolute atomic E-state index is 12.0. The molecule has 2 aliphatic heterocycles. The topological polar surface area (TPSA) is 41.6 Å². The number of carbonyl (C=O) groups excluding carboxylic acids is 1. The molecule has 0 atom stereocenters. The summed E-state index contributed by atoms with van der Waals surface area (Å²) in [6.07, 6.45) is 4.19. The number of amides is 1. The predicted molar refractivity (Wildman–Crippen MR) is 70.1 cm³/mol. The monoisotopic (exact) mass is 246 g/mol. The summed E-state index contributed by atoms with van der Waals surface area (Å²) in [5.74, 6) is 0.660. The SMILES string of the molecule is O=C(Oc1ccc2c(c1)CCN2)N1CCCCC1. The molecule has 4 nitrogen and oxygen atoms in total. The first kappa shape index (κ1) is 11.4. The number of nitrogens with one attached hydrogen (secondary N) is 1. The van der Waals surface area contributed by atoms with E-state index in [1.54, 1.807) is 4.90 Å². The molecule has 96 valence electrons. The summed E-state index contributed by atoms with van der Waals surface area (Å²) in [4.78, 5) is 13.8. The van der Waals surface area contributed by atoms with E-state index < -0.39 is 0 Å².